The predicted molar refractivity (Wildman–Crippen MR) is 103 cm³/mol. The van der Waals surface area contributed by atoms with Crippen LogP contribution in [-0.4, -0.2) is 29.1 Å². The van der Waals surface area contributed by atoms with Gasteiger partial charge in [-0.15, -0.1) is 11.3 Å². The third kappa shape index (κ3) is 4.04. The topological polar surface area (TPSA) is 82.6 Å². The molecule has 0 radical (unpaired) electrons. The molecule has 0 spiro atoms. The predicted octanol–water partition coefficient (Wildman–Crippen LogP) is 3.48. The molecule has 28 heavy (non-hydrogen) atoms. The van der Waals surface area contributed by atoms with Crippen molar-refractivity contribution in [2.24, 2.45) is 0 Å². The Bertz CT molecular complexity index is 955. The van der Waals surface area contributed by atoms with Crippen molar-refractivity contribution in [3.05, 3.63) is 70.3 Å². The lowest BCUT2D eigenvalue weighted by atomic mass is 10.2. The second kappa shape index (κ2) is 8.05. The number of thiophene rings is 1. The third-order valence-electron chi connectivity index (χ3n) is 4.24. The summed E-state index contributed by atoms with van der Waals surface area (Å²) in [6.45, 7) is 3.47. The highest BCUT2D eigenvalue weighted by molar-refractivity contribution is 7.12. The number of amides is 1. The Morgan fingerprint density at radius 3 is 2.82 bits per heavy atom. The highest BCUT2D eigenvalue weighted by Gasteiger charge is 2.34. The van der Waals surface area contributed by atoms with Crippen LogP contribution < -0.4 is 10.1 Å². The lowest BCUT2D eigenvalue weighted by Crippen LogP contribution is -2.23. The largest absolute Gasteiger partial charge is 0.437 e. The second-order valence-corrected chi connectivity index (χ2v) is 7.41. The molecule has 1 aliphatic rings. The van der Waals surface area contributed by atoms with E-state index in [1.807, 2.05) is 19.1 Å². The standard InChI is InChI=1S/C20H19N3O4S/c1-20(25-10-11-26-20)17-7-6-15(28-17)13-23-18(24)16-5-3-9-22-19(16)27-14-4-2-8-21-12-14/h2-9,12H,10-11,13H2,1H3,(H,23,24). The van der Waals surface area contributed by atoms with E-state index in [9.17, 15) is 4.79 Å². The molecule has 7 nitrogen and oxygen atoms in total. The maximum atomic E-state index is 12.7. The quantitative estimate of drug-likeness (QED) is 0.686. The van der Waals surface area contributed by atoms with Gasteiger partial charge in [0.1, 0.15) is 11.3 Å². The van der Waals surface area contributed by atoms with E-state index in [4.69, 9.17) is 14.2 Å². The number of aromatic nitrogens is 2. The highest BCUT2D eigenvalue weighted by Crippen LogP contribution is 2.35. The Morgan fingerprint density at radius 1 is 1.21 bits per heavy atom. The van der Waals surface area contributed by atoms with Gasteiger partial charge in [0.25, 0.3) is 5.91 Å². The second-order valence-electron chi connectivity index (χ2n) is 6.24. The molecule has 1 N–H and O–H groups in total. The molecular formula is C20H19N3O4S. The number of carbonyl (C=O) groups excluding carboxylic acids is 1. The number of carbonyl (C=O) groups is 1. The fourth-order valence-electron chi connectivity index (χ4n) is 2.80. The third-order valence-corrected chi connectivity index (χ3v) is 5.50. The van der Waals surface area contributed by atoms with E-state index in [-0.39, 0.29) is 11.8 Å². The Morgan fingerprint density at radius 2 is 2.04 bits per heavy atom. The molecule has 0 unspecified atom stereocenters. The van der Waals surface area contributed by atoms with Gasteiger partial charge in [0, 0.05) is 17.3 Å². The number of hydrogen-bond donors (Lipinski definition) is 1. The number of pyridine rings is 2. The molecule has 1 fully saturated rings. The summed E-state index contributed by atoms with van der Waals surface area (Å²) in [6.07, 6.45) is 4.80. The summed E-state index contributed by atoms with van der Waals surface area (Å²) >= 11 is 1.55. The molecule has 8 heteroatoms. The highest BCUT2D eigenvalue weighted by atomic mass is 32.1. The van der Waals surface area contributed by atoms with Crippen LogP contribution in [0.4, 0.5) is 0 Å². The molecule has 1 amide bonds. The van der Waals surface area contributed by atoms with E-state index in [0.717, 1.165) is 9.75 Å². The summed E-state index contributed by atoms with van der Waals surface area (Å²) in [6, 6.07) is 10.8. The first-order valence-electron chi connectivity index (χ1n) is 8.82. The Hall–Kier alpha value is -2.81. The van der Waals surface area contributed by atoms with Gasteiger partial charge in [0.15, 0.2) is 0 Å². The molecule has 0 aliphatic carbocycles. The lowest BCUT2D eigenvalue weighted by molar-refractivity contribution is -0.146. The van der Waals surface area contributed by atoms with Crippen LogP contribution in [0, 0.1) is 0 Å². The van der Waals surface area contributed by atoms with Crippen molar-refractivity contribution in [1.82, 2.24) is 15.3 Å². The van der Waals surface area contributed by atoms with E-state index < -0.39 is 5.79 Å². The zero-order valence-corrected chi connectivity index (χ0v) is 16.1. The summed E-state index contributed by atoms with van der Waals surface area (Å²) < 4.78 is 17.1. The molecule has 3 aromatic rings. The van der Waals surface area contributed by atoms with Crippen molar-refractivity contribution in [3.63, 3.8) is 0 Å². The first-order chi connectivity index (χ1) is 13.6. The first kappa shape index (κ1) is 18.5. The maximum Gasteiger partial charge on any atom is 0.257 e. The van der Waals surface area contributed by atoms with Crippen LogP contribution in [-0.2, 0) is 21.8 Å². The first-order valence-corrected chi connectivity index (χ1v) is 9.64. The van der Waals surface area contributed by atoms with Gasteiger partial charge in [0.05, 0.1) is 30.8 Å². The molecule has 1 saturated heterocycles. The molecule has 4 rings (SSSR count). The van der Waals surface area contributed by atoms with Crippen LogP contribution in [0.3, 0.4) is 0 Å². The van der Waals surface area contributed by atoms with Gasteiger partial charge < -0.3 is 19.5 Å². The van der Waals surface area contributed by atoms with Crippen molar-refractivity contribution >= 4 is 17.2 Å². The minimum Gasteiger partial charge on any atom is -0.437 e. The number of nitrogens with one attached hydrogen (secondary N) is 1. The molecule has 144 valence electrons. The van der Waals surface area contributed by atoms with E-state index in [1.165, 1.54) is 0 Å². The fraction of sp³-hybridized carbons (Fsp3) is 0.250. The van der Waals surface area contributed by atoms with Gasteiger partial charge in [-0.3, -0.25) is 9.78 Å². The zero-order valence-electron chi connectivity index (χ0n) is 15.3. The molecule has 0 aromatic carbocycles. The van der Waals surface area contributed by atoms with Crippen LogP contribution in [0.5, 0.6) is 11.6 Å². The van der Waals surface area contributed by atoms with Crippen molar-refractivity contribution in [2.45, 2.75) is 19.3 Å². The fourth-order valence-corrected chi connectivity index (χ4v) is 3.80. The van der Waals surface area contributed by atoms with Crippen LogP contribution in [0.1, 0.15) is 27.0 Å². The Labute approximate surface area is 166 Å². The van der Waals surface area contributed by atoms with Crippen LogP contribution >= 0.6 is 11.3 Å². The van der Waals surface area contributed by atoms with Gasteiger partial charge in [-0.25, -0.2) is 4.98 Å². The number of ether oxygens (including phenoxy) is 3. The number of rotatable bonds is 6. The van der Waals surface area contributed by atoms with E-state index >= 15 is 0 Å². The van der Waals surface area contributed by atoms with Gasteiger partial charge >= 0.3 is 0 Å². The van der Waals surface area contributed by atoms with E-state index in [1.54, 1.807) is 54.2 Å². The lowest BCUT2D eigenvalue weighted by Gasteiger charge is -2.20. The van der Waals surface area contributed by atoms with Crippen molar-refractivity contribution in [3.8, 4) is 11.6 Å². The van der Waals surface area contributed by atoms with Crippen molar-refractivity contribution < 1.29 is 19.0 Å². The molecular weight excluding hydrogens is 378 g/mol. The zero-order chi connectivity index (χ0) is 19.4. The summed E-state index contributed by atoms with van der Waals surface area (Å²) in [5.74, 6) is -0.203. The number of hydrogen-bond acceptors (Lipinski definition) is 7. The van der Waals surface area contributed by atoms with E-state index in [0.29, 0.717) is 31.1 Å². The molecule has 4 heterocycles. The summed E-state index contributed by atoms with van der Waals surface area (Å²) in [4.78, 5) is 22.8. The molecule has 0 saturated carbocycles. The normalized spacial score (nSPS) is 15.3. The van der Waals surface area contributed by atoms with Gasteiger partial charge in [-0.2, -0.15) is 0 Å². The van der Waals surface area contributed by atoms with Crippen LogP contribution in [0.2, 0.25) is 0 Å². The van der Waals surface area contributed by atoms with Crippen LogP contribution in [0.25, 0.3) is 0 Å². The van der Waals surface area contributed by atoms with E-state index in [2.05, 4.69) is 15.3 Å². The minimum atomic E-state index is -0.693. The summed E-state index contributed by atoms with van der Waals surface area (Å²) in [5, 5.41) is 2.91. The van der Waals surface area contributed by atoms with Crippen molar-refractivity contribution in [1.29, 1.82) is 0 Å². The average Bonchev–Trinajstić information content (AvgIpc) is 3.37. The Kier molecular flexibility index (Phi) is 5.34. The smallest absolute Gasteiger partial charge is 0.257 e. The molecule has 0 atom stereocenters. The van der Waals surface area contributed by atoms with Gasteiger partial charge in [0.2, 0.25) is 11.7 Å². The molecule has 1 aliphatic heterocycles. The number of nitrogens with zero attached hydrogens (tertiary/aromatic N) is 2. The average molecular weight is 397 g/mol. The monoisotopic (exact) mass is 397 g/mol. The van der Waals surface area contributed by atoms with Gasteiger partial charge in [-0.05, 0) is 43.3 Å². The molecule has 0 bridgehead atoms. The SMILES string of the molecule is CC1(c2ccc(CNC(=O)c3cccnc3Oc3cccnc3)s2)OCCO1. The summed E-state index contributed by atoms with van der Waals surface area (Å²) in [7, 11) is 0. The van der Waals surface area contributed by atoms with Crippen LogP contribution in [0.15, 0.2) is 55.0 Å². The van der Waals surface area contributed by atoms with Crippen molar-refractivity contribution in [2.75, 3.05) is 13.2 Å². The Balaban J connectivity index is 1.43. The summed E-state index contributed by atoms with van der Waals surface area (Å²) in [5.41, 5.74) is 0.359. The minimum absolute atomic E-state index is 0.236. The maximum absolute atomic E-state index is 12.7. The molecule has 3 aromatic heterocycles. The van der Waals surface area contributed by atoms with Gasteiger partial charge in [-0.1, -0.05) is 0 Å².